The van der Waals surface area contributed by atoms with Crippen molar-refractivity contribution in [1.29, 1.82) is 0 Å². The van der Waals surface area contributed by atoms with E-state index < -0.39 is 0 Å². The molecule has 0 radical (unpaired) electrons. The Hall–Kier alpha value is -2.95. The van der Waals surface area contributed by atoms with E-state index in [1.54, 1.807) is 0 Å². The number of benzene rings is 3. The molecular weight excluding hydrogens is 374 g/mol. The van der Waals surface area contributed by atoms with Crippen LogP contribution in [0, 0.1) is 6.92 Å². The molecule has 3 aromatic carbocycles. The third kappa shape index (κ3) is 4.96. The number of morpholine rings is 1. The van der Waals surface area contributed by atoms with Gasteiger partial charge in [-0.25, -0.2) is 0 Å². The van der Waals surface area contributed by atoms with Crippen molar-refractivity contribution in [3.8, 4) is 5.75 Å². The van der Waals surface area contributed by atoms with Gasteiger partial charge < -0.3 is 14.3 Å². The zero-order valence-corrected chi connectivity index (χ0v) is 17.2. The third-order valence-electron chi connectivity index (χ3n) is 5.53. The van der Waals surface area contributed by atoms with Gasteiger partial charge in [-0.1, -0.05) is 66.7 Å². The van der Waals surface area contributed by atoms with Crippen LogP contribution in [0.3, 0.4) is 0 Å². The molecule has 4 nitrogen and oxygen atoms in total. The summed E-state index contributed by atoms with van der Waals surface area (Å²) in [7, 11) is 0. The van der Waals surface area contributed by atoms with Crippen molar-refractivity contribution in [2.45, 2.75) is 32.2 Å². The van der Waals surface area contributed by atoms with E-state index in [2.05, 4.69) is 48.2 Å². The molecule has 0 amide bonds. The molecule has 1 aliphatic heterocycles. The van der Waals surface area contributed by atoms with Crippen molar-refractivity contribution >= 4 is 6.29 Å². The van der Waals surface area contributed by atoms with Crippen molar-refractivity contribution < 1.29 is 14.3 Å². The lowest BCUT2D eigenvalue weighted by Crippen LogP contribution is -2.47. The molecule has 4 heteroatoms. The summed E-state index contributed by atoms with van der Waals surface area (Å²) in [5.74, 6) is 0.880. The maximum atomic E-state index is 11.6. The van der Waals surface area contributed by atoms with Crippen molar-refractivity contribution in [3.05, 3.63) is 101 Å². The summed E-state index contributed by atoms with van der Waals surface area (Å²) in [4.78, 5) is 13.8. The molecule has 0 N–H and O–H groups in total. The summed E-state index contributed by atoms with van der Waals surface area (Å²) in [5, 5.41) is 0. The highest BCUT2D eigenvalue weighted by molar-refractivity contribution is 5.58. The second-order valence-corrected chi connectivity index (χ2v) is 7.74. The molecule has 1 heterocycles. The Morgan fingerprint density at radius 2 is 1.70 bits per heavy atom. The van der Waals surface area contributed by atoms with E-state index in [9.17, 15) is 4.79 Å². The molecule has 0 bridgehead atoms. The van der Waals surface area contributed by atoms with Gasteiger partial charge in [0.15, 0.2) is 0 Å². The standard InChI is InChI=1S/C26H27NO3/c1-20-14-23(12-13-25(20)29-18-22-10-6-3-7-11-22)26-16-27(24(17-28)19-30-26)15-21-8-4-2-5-9-21/h2-14,17,24,26H,15-16,18-19H2,1H3. The highest BCUT2D eigenvalue weighted by atomic mass is 16.5. The SMILES string of the molecule is Cc1cc(C2CN(Cc3ccccc3)C(C=O)CO2)ccc1OCc1ccccc1. The highest BCUT2D eigenvalue weighted by Gasteiger charge is 2.29. The Morgan fingerprint density at radius 1 is 1.00 bits per heavy atom. The summed E-state index contributed by atoms with van der Waals surface area (Å²) >= 11 is 0. The fourth-order valence-electron chi connectivity index (χ4n) is 3.82. The predicted molar refractivity (Wildman–Crippen MR) is 117 cm³/mol. The second-order valence-electron chi connectivity index (χ2n) is 7.74. The summed E-state index contributed by atoms with van der Waals surface area (Å²) in [5.41, 5.74) is 4.54. The van der Waals surface area contributed by atoms with Crippen molar-refractivity contribution in [2.75, 3.05) is 13.2 Å². The molecule has 4 rings (SSSR count). The molecule has 154 valence electrons. The van der Waals surface area contributed by atoms with Crippen molar-refractivity contribution in [3.63, 3.8) is 0 Å². The number of aryl methyl sites for hydroxylation is 1. The van der Waals surface area contributed by atoms with Crippen LogP contribution in [0.5, 0.6) is 5.75 Å². The molecule has 0 saturated carbocycles. The van der Waals surface area contributed by atoms with Gasteiger partial charge >= 0.3 is 0 Å². The molecule has 0 spiro atoms. The molecule has 3 aromatic rings. The van der Waals surface area contributed by atoms with Gasteiger partial charge in [0, 0.05) is 13.1 Å². The van der Waals surface area contributed by atoms with Gasteiger partial charge in [-0.3, -0.25) is 4.90 Å². The van der Waals surface area contributed by atoms with Crippen LogP contribution in [-0.2, 0) is 22.7 Å². The summed E-state index contributed by atoms with van der Waals surface area (Å²) in [6.45, 7) is 4.44. The van der Waals surface area contributed by atoms with E-state index >= 15 is 0 Å². The number of hydrogen-bond acceptors (Lipinski definition) is 4. The Bertz CT molecular complexity index is 959. The lowest BCUT2D eigenvalue weighted by Gasteiger charge is -2.37. The molecule has 1 saturated heterocycles. The highest BCUT2D eigenvalue weighted by Crippen LogP contribution is 2.29. The minimum atomic E-state index is -0.212. The van der Waals surface area contributed by atoms with Gasteiger partial charge in [0.05, 0.1) is 18.8 Å². The molecule has 2 atom stereocenters. The molecule has 2 unspecified atom stereocenters. The summed E-state index contributed by atoms with van der Waals surface area (Å²) in [6.07, 6.45) is 0.928. The normalized spacial score (nSPS) is 19.4. The van der Waals surface area contributed by atoms with Gasteiger partial charge in [0.25, 0.3) is 0 Å². The maximum Gasteiger partial charge on any atom is 0.139 e. The second kappa shape index (κ2) is 9.70. The van der Waals surface area contributed by atoms with Crippen LogP contribution in [0.2, 0.25) is 0 Å². The Kier molecular flexibility index (Phi) is 6.57. The summed E-state index contributed by atoms with van der Waals surface area (Å²) < 4.78 is 12.0. The van der Waals surface area contributed by atoms with Gasteiger partial charge in [0.2, 0.25) is 0 Å². The molecule has 0 aromatic heterocycles. The van der Waals surface area contributed by atoms with Crippen LogP contribution < -0.4 is 4.74 Å². The van der Waals surface area contributed by atoms with Crippen LogP contribution >= 0.6 is 0 Å². The first kappa shape index (κ1) is 20.3. The van der Waals surface area contributed by atoms with E-state index in [0.717, 1.165) is 35.3 Å². The first-order chi connectivity index (χ1) is 14.7. The van der Waals surface area contributed by atoms with Crippen LogP contribution in [0.1, 0.15) is 28.4 Å². The lowest BCUT2D eigenvalue weighted by atomic mass is 10.0. The van der Waals surface area contributed by atoms with E-state index in [1.807, 2.05) is 42.5 Å². The maximum absolute atomic E-state index is 11.6. The van der Waals surface area contributed by atoms with Gasteiger partial charge in [-0.15, -0.1) is 0 Å². The number of nitrogens with zero attached hydrogens (tertiary/aromatic N) is 1. The molecular formula is C26H27NO3. The lowest BCUT2D eigenvalue weighted by molar-refractivity contribution is -0.124. The molecule has 1 fully saturated rings. The van der Waals surface area contributed by atoms with Gasteiger partial charge in [0.1, 0.15) is 18.6 Å². The first-order valence-corrected chi connectivity index (χ1v) is 10.3. The van der Waals surface area contributed by atoms with Gasteiger partial charge in [-0.05, 0) is 41.3 Å². The zero-order valence-electron chi connectivity index (χ0n) is 17.2. The number of rotatable bonds is 7. The van der Waals surface area contributed by atoms with Crippen molar-refractivity contribution in [1.82, 2.24) is 4.90 Å². The Morgan fingerprint density at radius 3 is 2.37 bits per heavy atom. The smallest absolute Gasteiger partial charge is 0.139 e. The molecule has 1 aliphatic rings. The van der Waals surface area contributed by atoms with E-state index in [4.69, 9.17) is 9.47 Å². The number of hydrogen-bond donors (Lipinski definition) is 0. The van der Waals surface area contributed by atoms with Crippen LogP contribution in [0.25, 0.3) is 0 Å². The van der Waals surface area contributed by atoms with E-state index in [0.29, 0.717) is 19.8 Å². The minimum Gasteiger partial charge on any atom is -0.489 e. The Balaban J connectivity index is 1.43. The zero-order chi connectivity index (χ0) is 20.8. The van der Waals surface area contributed by atoms with Crippen LogP contribution in [0.4, 0.5) is 0 Å². The summed E-state index contributed by atoms with van der Waals surface area (Å²) in [6, 6.07) is 26.4. The predicted octanol–water partition coefficient (Wildman–Crippen LogP) is 4.72. The first-order valence-electron chi connectivity index (χ1n) is 10.3. The van der Waals surface area contributed by atoms with E-state index in [-0.39, 0.29) is 12.1 Å². The minimum absolute atomic E-state index is 0.0632. The molecule has 0 aliphatic carbocycles. The number of aldehydes is 1. The average molecular weight is 402 g/mol. The Labute approximate surface area is 178 Å². The topological polar surface area (TPSA) is 38.8 Å². The van der Waals surface area contributed by atoms with Crippen LogP contribution in [-0.4, -0.2) is 30.4 Å². The van der Waals surface area contributed by atoms with Crippen LogP contribution in [0.15, 0.2) is 78.9 Å². The molecule has 30 heavy (non-hydrogen) atoms. The number of carbonyl (C=O) groups excluding carboxylic acids is 1. The number of ether oxygens (including phenoxy) is 2. The quantitative estimate of drug-likeness (QED) is 0.537. The van der Waals surface area contributed by atoms with E-state index in [1.165, 1.54) is 5.56 Å². The average Bonchev–Trinajstić information content (AvgIpc) is 2.79. The van der Waals surface area contributed by atoms with Gasteiger partial charge in [-0.2, -0.15) is 0 Å². The van der Waals surface area contributed by atoms with Crippen molar-refractivity contribution in [2.24, 2.45) is 0 Å². The third-order valence-corrected chi connectivity index (χ3v) is 5.53. The fourth-order valence-corrected chi connectivity index (χ4v) is 3.82. The number of carbonyl (C=O) groups is 1. The monoisotopic (exact) mass is 401 g/mol. The largest absolute Gasteiger partial charge is 0.489 e. The fraction of sp³-hybridized carbons (Fsp3) is 0.269.